The highest BCUT2D eigenvalue weighted by Crippen LogP contribution is 2.25. The number of halogens is 2. The van der Waals surface area contributed by atoms with E-state index in [2.05, 4.69) is 10.6 Å². The number of carbonyl (C=O) groups excluding carboxylic acids is 2. The van der Waals surface area contributed by atoms with Crippen LogP contribution >= 0.6 is 23.2 Å². The molecular weight excluding hydrogens is 325 g/mol. The molecule has 1 aliphatic rings. The molecule has 1 aliphatic heterocycles. The van der Waals surface area contributed by atoms with Crippen molar-refractivity contribution in [2.45, 2.75) is 25.8 Å². The highest BCUT2D eigenvalue weighted by molar-refractivity contribution is 6.42. The molecule has 1 atom stereocenters. The zero-order valence-electron chi connectivity index (χ0n) is 12.4. The second-order valence-corrected chi connectivity index (χ2v) is 6.12. The highest BCUT2D eigenvalue weighted by Gasteiger charge is 2.18. The number of nitrogens with one attached hydrogen (secondary N) is 2. The fraction of sp³-hybridized carbons (Fsp3) is 0.467. The second-order valence-electron chi connectivity index (χ2n) is 5.31. The van der Waals surface area contributed by atoms with Crippen LogP contribution in [0.25, 0.3) is 0 Å². The van der Waals surface area contributed by atoms with E-state index in [0.717, 1.165) is 31.5 Å². The first-order valence-electron chi connectivity index (χ1n) is 7.24. The Bertz CT molecular complexity index is 560. The van der Waals surface area contributed by atoms with E-state index < -0.39 is 0 Å². The fourth-order valence-electron chi connectivity index (χ4n) is 2.35. The standard InChI is InChI=1S/C15H19Cl2N3O2/c1-10(11-4-5-12(16)13(17)8-11)19-15(22)18-9-14(21)20-6-2-3-7-20/h4-5,8,10H,2-3,6-7,9H2,1H3,(H2,18,19,22). The van der Waals surface area contributed by atoms with Gasteiger partial charge in [-0.2, -0.15) is 0 Å². The first-order chi connectivity index (χ1) is 10.5. The summed E-state index contributed by atoms with van der Waals surface area (Å²) in [6.45, 7) is 3.41. The molecule has 2 N–H and O–H groups in total. The molecule has 2 rings (SSSR count). The summed E-state index contributed by atoms with van der Waals surface area (Å²) in [6.07, 6.45) is 2.07. The predicted molar refractivity (Wildman–Crippen MR) is 87.2 cm³/mol. The number of amides is 3. The van der Waals surface area contributed by atoms with Gasteiger partial charge < -0.3 is 15.5 Å². The van der Waals surface area contributed by atoms with E-state index in [0.29, 0.717) is 10.0 Å². The van der Waals surface area contributed by atoms with Gasteiger partial charge in [0.25, 0.3) is 0 Å². The monoisotopic (exact) mass is 343 g/mol. The third-order valence-corrected chi connectivity index (χ3v) is 4.39. The number of urea groups is 1. The van der Waals surface area contributed by atoms with Gasteiger partial charge >= 0.3 is 6.03 Å². The Morgan fingerprint density at radius 2 is 1.91 bits per heavy atom. The number of likely N-dealkylation sites (tertiary alicyclic amines) is 1. The van der Waals surface area contributed by atoms with Crippen LogP contribution in [0.4, 0.5) is 4.79 Å². The minimum absolute atomic E-state index is 0.0138. The summed E-state index contributed by atoms with van der Waals surface area (Å²) in [5.41, 5.74) is 0.843. The summed E-state index contributed by atoms with van der Waals surface area (Å²) in [5.74, 6) is -0.0464. The van der Waals surface area contributed by atoms with Gasteiger partial charge in [-0.15, -0.1) is 0 Å². The van der Waals surface area contributed by atoms with E-state index in [1.54, 1.807) is 23.1 Å². The quantitative estimate of drug-likeness (QED) is 0.882. The van der Waals surface area contributed by atoms with Gasteiger partial charge in [0, 0.05) is 13.1 Å². The van der Waals surface area contributed by atoms with Crippen molar-refractivity contribution >= 4 is 35.1 Å². The van der Waals surface area contributed by atoms with Crippen molar-refractivity contribution < 1.29 is 9.59 Å². The van der Waals surface area contributed by atoms with E-state index in [4.69, 9.17) is 23.2 Å². The van der Waals surface area contributed by atoms with Crippen LogP contribution in [0.1, 0.15) is 31.4 Å². The van der Waals surface area contributed by atoms with Crippen molar-refractivity contribution in [1.29, 1.82) is 0 Å². The summed E-state index contributed by atoms with van der Waals surface area (Å²) in [5, 5.41) is 6.26. The van der Waals surface area contributed by atoms with Gasteiger partial charge in [0.05, 0.1) is 22.6 Å². The van der Waals surface area contributed by atoms with Crippen molar-refractivity contribution in [2.24, 2.45) is 0 Å². The molecule has 1 fully saturated rings. The summed E-state index contributed by atoms with van der Waals surface area (Å²) in [4.78, 5) is 25.5. The molecule has 7 heteroatoms. The molecule has 22 heavy (non-hydrogen) atoms. The van der Waals surface area contributed by atoms with Crippen LogP contribution in [0.15, 0.2) is 18.2 Å². The first kappa shape index (κ1) is 16.9. The molecule has 0 radical (unpaired) electrons. The Balaban J connectivity index is 1.80. The lowest BCUT2D eigenvalue weighted by Gasteiger charge is -2.18. The topological polar surface area (TPSA) is 61.4 Å². The number of hydrogen-bond acceptors (Lipinski definition) is 2. The normalized spacial score (nSPS) is 15.5. The highest BCUT2D eigenvalue weighted by atomic mass is 35.5. The maximum absolute atomic E-state index is 11.8. The summed E-state index contributed by atoms with van der Waals surface area (Å²) < 4.78 is 0. The maximum atomic E-state index is 11.8. The van der Waals surface area contributed by atoms with E-state index in [-0.39, 0.29) is 24.5 Å². The van der Waals surface area contributed by atoms with E-state index in [9.17, 15) is 9.59 Å². The van der Waals surface area contributed by atoms with Crippen LogP contribution in [-0.2, 0) is 4.79 Å². The van der Waals surface area contributed by atoms with Crippen LogP contribution in [0.2, 0.25) is 10.0 Å². The van der Waals surface area contributed by atoms with Crippen LogP contribution in [0.3, 0.4) is 0 Å². The molecule has 1 unspecified atom stereocenters. The molecular formula is C15H19Cl2N3O2. The SMILES string of the molecule is CC(NC(=O)NCC(=O)N1CCCC1)c1ccc(Cl)c(Cl)c1. The Morgan fingerprint density at radius 1 is 1.23 bits per heavy atom. The molecule has 1 aromatic rings. The lowest BCUT2D eigenvalue weighted by Crippen LogP contribution is -2.43. The minimum Gasteiger partial charge on any atom is -0.341 e. The molecule has 1 aromatic carbocycles. The maximum Gasteiger partial charge on any atom is 0.315 e. The second kappa shape index (κ2) is 7.70. The lowest BCUT2D eigenvalue weighted by atomic mass is 10.1. The number of carbonyl (C=O) groups is 2. The van der Waals surface area contributed by atoms with Gasteiger partial charge in [0.2, 0.25) is 5.91 Å². The third-order valence-electron chi connectivity index (χ3n) is 3.65. The largest absolute Gasteiger partial charge is 0.341 e. The molecule has 0 spiro atoms. The zero-order chi connectivity index (χ0) is 16.1. The molecule has 0 saturated carbocycles. The first-order valence-corrected chi connectivity index (χ1v) is 8.00. The van der Waals surface area contributed by atoms with Gasteiger partial charge in [0.1, 0.15) is 0 Å². The van der Waals surface area contributed by atoms with Gasteiger partial charge in [-0.05, 0) is 37.5 Å². The Kier molecular flexibility index (Phi) is 5.91. The number of hydrogen-bond donors (Lipinski definition) is 2. The Labute approximate surface area is 139 Å². The smallest absolute Gasteiger partial charge is 0.315 e. The van der Waals surface area contributed by atoms with Crippen LogP contribution in [0.5, 0.6) is 0 Å². The molecule has 0 aliphatic carbocycles. The number of nitrogens with zero attached hydrogens (tertiary/aromatic N) is 1. The molecule has 120 valence electrons. The average Bonchev–Trinajstić information content (AvgIpc) is 3.02. The molecule has 0 aromatic heterocycles. The van der Waals surface area contributed by atoms with Gasteiger partial charge in [-0.25, -0.2) is 4.79 Å². The zero-order valence-corrected chi connectivity index (χ0v) is 13.9. The average molecular weight is 344 g/mol. The van der Waals surface area contributed by atoms with Crippen LogP contribution in [0, 0.1) is 0 Å². The van der Waals surface area contributed by atoms with Gasteiger partial charge in [-0.3, -0.25) is 4.79 Å². The number of benzene rings is 1. The Morgan fingerprint density at radius 3 is 2.55 bits per heavy atom. The van der Waals surface area contributed by atoms with E-state index in [1.807, 2.05) is 6.92 Å². The van der Waals surface area contributed by atoms with E-state index in [1.165, 1.54) is 0 Å². The Hall–Kier alpha value is -1.46. The van der Waals surface area contributed by atoms with Crippen molar-refractivity contribution in [3.05, 3.63) is 33.8 Å². The van der Waals surface area contributed by atoms with Crippen molar-refractivity contribution in [2.75, 3.05) is 19.6 Å². The summed E-state index contributed by atoms with van der Waals surface area (Å²) in [7, 11) is 0. The molecule has 1 heterocycles. The van der Waals surface area contributed by atoms with Gasteiger partial charge in [0.15, 0.2) is 0 Å². The predicted octanol–water partition coefficient (Wildman–Crippen LogP) is 2.98. The summed E-state index contributed by atoms with van der Waals surface area (Å²) >= 11 is 11.8. The van der Waals surface area contributed by atoms with Crippen molar-refractivity contribution in [3.63, 3.8) is 0 Å². The summed E-state index contributed by atoms with van der Waals surface area (Å²) in [6, 6.07) is 4.58. The minimum atomic E-state index is -0.383. The van der Waals surface area contributed by atoms with Crippen molar-refractivity contribution in [1.82, 2.24) is 15.5 Å². The van der Waals surface area contributed by atoms with Crippen LogP contribution in [-0.4, -0.2) is 36.5 Å². The van der Waals surface area contributed by atoms with Gasteiger partial charge in [-0.1, -0.05) is 29.3 Å². The van der Waals surface area contributed by atoms with Crippen LogP contribution < -0.4 is 10.6 Å². The molecule has 3 amide bonds. The fourth-order valence-corrected chi connectivity index (χ4v) is 2.65. The molecule has 0 bridgehead atoms. The third kappa shape index (κ3) is 4.52. The number of rotatable bonds is 4. The molecule has 5 nitrogen and oxygen atoms in total. The van der Waals surface area contributed by atoms with E-state index >= 15 is 0 Å². The van der Waals surface area contributed by atoms with Crippen molar-refractivity contribution in [3.8, 4) is 0 Å². The lowest BCUT2D eigenvalue weighted by molar-refractivity contribution is -0.128. The molecule has 1 saturated heterocycles.